The molecule has 13 heteroatoms. The number of hydrogen-bond acceptors (Lipinski definition) is 7. The molecule has 0 radical (unpaired) electrons. The molecule has 0 aromatic heterocycles. The van der Waals surface area contributed by atoms with Crippen molar-refractivity contribution in [2.24, 2.45) is 15.9 Å². The number of alkyl halides is 3. The van der Waals surface area contributed by atoms with Gasteiger partial charge in [-0.15, -0.1) is 0 Å². The molecule has 2 atom stereocenters. The molecule has 0 spiro atoms. The lowest BCUT2D eigenvalue weighted by atomic mass is 10.0. The van der Waals surface area contributed by atoms with Gasteiger partial charge in [-0.1, -0.05) is 17.7 Å². The van der Waals surface area contributed by atoms with Gasteiger partial charge in [0.2, 0.25) is 0 Å². The van der Waals surface area contributed by atoms with Crippen LogP contribution in [-0.2, 0) is 6.54 Å². The maximum Gasteiger partial charge on any atom is 0.403 e. The third-order valence-corrected chi connectivity index (χ3v) is 7.12. The van der Waals surface area contributed by atoms with Crippen molar-refractivity contribution < 1.29 is 22.7 Å². The fraction of sp³-hybridized carbons (Fsp3) is 0.444. The molecule has 2 aliphatic heterocycles. The number of amides is 1. The van der Waals surface area contributed by atoms with E-state index in [2.05, 4.69) is 43.2 Å². The standard InChI is InChI=1S/C27H33ClF3N7O2/c1-32-22-13-18(28)6-4-17(22)14-33-24-20(27(29,30)31)15-34-26(37-24)36-21-7-5-16(12-23(21)40-3)25(39)35-19-8-10-38(2)11-9-19/h4-7,12-13,15,19-20,26,32,36H,8-11,14H2,1-3H3,(H,33,37)(H,35,39). The Morgan fingerprint density at radius 3 is 2.62 bits per heavy atom. The highest BCUT2D eigenvalue weighted by Crippen LogP contribution is 2.30. The second kappa shape index (κ2) is 12.8. The molecular weight excluding hydrogens is 547 g/mol. The molecular formula is C27H33ClF3N7O2. The average molecular weight is 580 g/mol. The summed E-state index contributed by atoms with van der Waals surface area (Å²) in [6.45, 7) is 1.83. The number of nitrogens with zero attached hydrogens (tertiary/aromatic N) is 3. The molecule has 2 aromatic carbocycles. The zero-order valence-electron chi connectivity index (χ0n) is 22.5. The summed E-state index contributed by atoms with van der Waals surface area (Å²) < 4.78 is 46.8. The summed E-state index contributed by atoms with van der Waals surface area (Å²) in [5.41, 5.74) is 2.23. The van der Waals surface area contributed by atoms with Crippen molar-refractivity contribution in [1.29, 1.82) is 0 Å². The van der Waals surface area contributed by atoms with Crippen molar-refractivity contribution in [2.45, 2.75) is 37.9 Å². The molecule has 4 rings (SSSR count). The molecule has 2 aliphatic rings. The average Bonchev–Trinajstić information content (AvgIpc) is 2.93. The van der Waals surface area contributed by atoms with Gasteiger partial charge in [0, 0.05) is 35.6 Å². The number of methoxy groups -OCH3 is 1. The molecule has 2 unspecified atom stereocenters. The lowest BCUT2D eigenvalue weighted by Crippen LogP contribution is -2.51. The number of carbonyl (C=O) groups excluding carboxylic acids is 1. The number of ether oxygens (including phenoxy) is 1. The highest BCUT2D eigenvalue weighted by molar-refractivity contribution is 6.30. The number of hydrogen-bond donors (Lipinski definition) is 4. The van der Waals surface area contributed by atoms with Gasteiger partial charge in [-0.25, -0.2) is 0 Å². The van der Waals surface area contributed by atoms with Gasteiger partial charge >= 0.3 is 6.18 Å². The van der Waals surface area contributed by atoms with Crippen LogP contribution in [0, 0.1) is 5.92 Å². The van der Waals surface area contributed by atoms with Crippen LogP contribution in [0.2, 0.25) is 5.02 Å². The minimum absolute atomic E-state index is 0.00672. The van der Waals surface area contributed by atoms with Crippen LogP contribution in [0.4, 0.5) is 24.5 Å². The van der Waals surface area contributed by atoms with Gasteiger partial charge in [0.1, 0.15) is 17.5 Å². The fourth-order valence-electron chi connectivity index (χ4n) is 4.58. The van der Waals surface area contributed by atoms with E-state index in [-0.39, 0.29) is 24.3 Å². The van der Waals surface area contributed by atoms with Crippen molar-refractivity contribution in [2.75, 3.05) is 44.9 Å². The number of rotatable bonds is 8. The number of benzene rings is 2. The van der Waals surface area contributed by atoms with Crippen LogP contribution in [0.15, 0.2) is 46.4 Å². The zero-order chi connectivity index (χ0) is 28.9. The number of aliphatic imine (C=N–C) groups is 2. The molecule has 0 saturated carbocycles. The van der Waals surface area contributed by atoms with E-state index in [1.807, 2.05) is 0 Å². The second-order valence-electron chi connectivity index (χ2n) is 9.73. The highest BCUT2D eigenvalue weighted by Gasteiger charge is 2.44. The highest BCUT2D eigenvalue weighted by atomic mass is 35.5. The lowest BCUT2D eigenvalue weighted by molar-refractivity contribution is -0.139. The maximum absolute atomic E-state index is 13.8. The van der Waals surface area contributed by atoms with Crippen molar-refractivity contribution >= 4 is 40.9 Å². The van der Waals surface area contributed by atoms with Crippen LogP contribution in [-0.4, -0.2) is 75.7 Å². The lowest BCUT2D eigenvalue weighted by Gasteiger charge is -2.30. The van der Waals surface area contributed by atoms with Crippen LogP contribution >= 0.6 is 11.6 Å². The van der Waals surface area contributed by atoms with Crippen LogP contribution < -0.4 is 26.0 Å². The second-order valence-corrected chi connectivity index (χ2v) is 10.2. The van der Waals surface area contributed by atoms with Crippen LogP contribution in [0.3, 0.4) is 0 Å². The first-order valence-corrected chi connectivity index (χ1v) is 13.3. The van der Waals surface area contributed by atoms with E-state index in [9.17, 15) is 18.0 Å². The van der Waals surface area contributed by atoms with E-state index in [4.69, 9.17) is 16.3 Å². The Morgan fingerprint density at radius 1 is 1.20 bits per heavy atom. The summed E-state index contributed by atoms with van der Waals surface area (Å²) in [6, 6.07) is 10.0. The Hall–Kier alpha value is -3.51. The zero-order valence-corrected chi connectivity index (χ0v) is 23.2. The van der Waals surface area contributed by atoms with Gasteiger partial charge in [0.15, 0.2) is 6.29 Å². The minimum Gasteiger partial charge on any atom is -0.495 e. The van der Waals surface area contributed by atoms with Crippen molar-refractivity contribution in [1.82, 2.24) is 15.5 Å². The molecule has 1 saturated heterocycles. The van der Waals surface area contributed by atoms with Crippen molar-refractivity contribution in [3.05, 3.63) is 52.5 Å². The molecule has 2 heterocycles. The van der Waals surface area contributed by atoms with Gasteiger partial charge in [-0.05, 0) is 68.9 Å². The minimum atomic E-state index is -4.58. The third kappa shape index (κ3) is 7.36. The van der Waals surface area contributed by atoms with Gasteiger partial charge in [0.25, 0.3) is 5.91 Å². The molecule has 40 heavy (non-hydrogen) atoms. The summed E-state index contributed by atoms with van der Waals surface area (Å²) in [4.78, 5) is 23.3. The first-order chi connectivity index (χ1) is 19.1. The Bertz CT molecular complexity index is 1260. The molecule has 216 valence electrons. The molecule has 4 N–H and O–H groups in total. The van der Waals surface area contributed by atoms with Gasteiger partial charge in [0.05, 0.1) is 19.3 Å². The van der Waals surface area contributed by atoms with Crippen LogP contribution in [0.25, 0.3) is 0 Å². The normalized spacial score (nSPS) is 21.1. The summed E-state index contributed by atoms with van der Waals surface area (Å²) >= 11 is 6.03. The summed E-state index contributed by atoms with van der Waals surface area (Å²) in [7, 11) is 5.20. The monoisotopic (exact) mass is 579 g/mol. The molecule has 9 nitrogen and oxygen atoms in total. The topological polar surface area (TPSA) is 102 Å². The fourth-order valence-corrected chi connectivity index (χ4v) is 4.75. The van der Waals surface area contributed by atoms with Gasteiger partial charge < -0.3 is 30.9 Å². The number of piperidine rings is 1. The molecule has 0 aliphatic carbocycles. The Balaban J connectivity index is 1.49. The Morgan fingerprint density at radius 2 is 1.95 bits per heavy atom. The Labute approximate surface area is 236 Å². The number of likely N-dealkylation sites (tertiary alicyclic amines) is 1. The Kier molecular flexibility index (Phi) is 9.41. The maximum atomic E-state index is 13.8. The quantitative estimate of drug-likeness (QED) is 0.371. The number of nitrogens with one attached hydrogen (secondary N) is 4. The van der Waals surface area contributed by atoms with Gasteiger partial charge in [-0.3, -0.25) is 14.8 Å². The van der Waals surface area contributed by atoms with Crippen molar-refractivity contribution in [3.8, 4) is 5.75 Å². The number of carbonyl (C=O) groups is 1. The van der Waals surface area contributed by atoms with E-state index < -0.39 is 18.4 Å². The van der Waals surface area contributed by atoms with E-state index in [0.717, 1.165) is 32.1 Å². The van der Waals surface area contributed by atoms with Gasteiger partial charge in [-0.2, -0.15) is 13.2 Å². The predicted molar refractivity (Wildman–Crippen MR) is 152 cm³/mol. The summed E-state index contributed by atoms with van der Waals surface area (Å²) in [5, 5.41) is 12.3. The largest absolute Gasteiger partial charge is 0.495 e. The molecule has 2 aromatic rings. The molecule has 1 fully saturated rings. The summed E-state index contributed by atoms with van der Waals surface area (Å²) in [5.74, 6) is -2.11. The van der Waals surface area contributed by atoms with E-state index >= 15 is 0 Å². The van der Waals surface area contributed by atoms with E-state index in [0.29, 0.717) is 33.3 Å². The first-order valence-electron chi connectivity index (χ1n) is 12.9. The van der Waals surface area contributed by atoms with E-state index in [1.165, 1.54) is 7.11 Å². The van der Waals surface area contributed by atoms with E-state index in [1.54, 1.807) is 43.4 Å². The first kappa shape index (κ1) is 29.5. The number of anilines is 2. The molecule has 1 amide bonds. The van der Waals surface area contributed by atoms with Crippen molar-refractivity contribution in [3.63, 3.8) is 0 Å². The number of amidine groups is 1. The SMILES string of the molecule is CNc1cc(Cl)ccc1CN=C1NC(Nc2ccc(C(=O)NC3CCN(C)CC3)cc2OC)N=CC1C(F)(F)F. The predicted octanol–water partition coefficient (Wildman–Crippen LogP) is 4.36. The third-order valence-electron chi connectivity index (χ3n) is 6.89. The molecule has 0 bridgehead atoms. The smallest absolute Gasteiger partial charge is 0.403 e. The van der Waals surface area contributed by atoms with Crippen LogP contribution in [0.5, 0.6) is 5.75 Å². The summed E-state index contributed by atoms with van der Waals surface area (Å²) in [6.07, 6.45) is -2.93. The van der Waals surface area contributed by atoms with Crippen LogP contribution in [0.1, 0.15) is 28.8 Å². The number of halogens is 4.